The summed E-state index contributed by atoms with van der Waals surface area (Å²) in [5, 5.41) is 0. The van der Waals surface area contributed by atoms with E-state index in [1.165, 1.54) is 0 Å². The van der Waals surface area contributed by atoms with Crippen molar-refractivity contribution in [2.24, 2.45) is 23.7 Å². The van der Waals surface area contributed by atoms with Crippen LogP contribution in [0.15, 0.2) is 0 Å². The van der Waals surface area contributed by atoms with Gasteiger partial charge in [0.05, 0.1) is 25.0 Å². The van der Waals surface area contributed by atoms with E-state index in [-0.39, 0.29) is 23.8 Å². The summed E-state index contributed by atoms with van der Waals surface area (Å²) in [6, 6.07) is 0. The molecule has 0 aromatic carbocycles. The lowest BCUT2D eigenvalue weighted by Crippen LogP contribution is -2.35. The molecule has 2 aliphatic carbocycles. The van der Waals surface area contributed by atoms with Crippen LogP contribution < -0.4 is 0 Å². The second-order valence-corrected chi connectivity index (χ2v) is 4.94. The third kappa shape index (κ3) is 2.61. The van der Waals surface area contributed by atoms with E-state index < -0.39 is 0 Å². The van der Waals surface area contributed by atoms with Crippen LogP contribution in [0.5, 0.6) is 0 Å². The fourth-order valence-corrected chi connectivity index (χ4v) is 2.89. The summed E-state index contributed by atoms with van der Waals surface area (Å²) >= 11 is 0. The molecule has 0 heterocycles. The molecule has 4 atom stereocenters. The first-order chi connectivity index (χ1) is 8.17. The Labute approximate surface area is 102 Å². The number of rotatable bonds is 4. The molecule has 0 spiro atoms. The predicted octanol–water partition coefficient (Wildman–Crippen LogP) is 1.77. The molecule has 2 saturated carbocycles. The van der Waals surface area contributed by atoms with Gasteiger partial charge in [-0.15, -0.1) is 0 Å². The van der Waals surface area contributed by atoms with E-state index in [0.29, 0.717) is 25.0 Å². The lowest BCUT2D eigenvalue weighted by Gasteiger charge is -2.27. The minimum atomic E-state index is -0.280. The van der Waals surface area contributed by atoms with E-state index in [0.717, 1.165) is 19.3 Å². The van der Waals surface area contributed by atoms with Gasteiger partial charge in [-0.05, 0) is 44.9 Å². The molecule has 2 rings (SSSR count). The van der Waals surface area contributed by atoms with Crippen molar-refractivity contribution < 1.29 is 19.1 Å². The highest BCUT2D eigenvalue weighted by atomic mass is 16.5. The highest BCUT2D eigenvalue weighted by molar-refractivity contribution is 5.82. The number of carbonyl (C=O) groups excluding carboxylic acids is 2. The largest absolute Gasteiger partial charge is 0.466 e. The van der Waals surface area contributed by atoms with Crippen LogP contribution >= 0.6 is 0 Å². The summed E-state index contributed by atoms with van der Waals surface area (Å²) in [4.78, 5) is 23.7. The Hall–Kier alpha value is -1.06. The molecular weight excluding hydrogens is 220 g/mol. The third-order valence-electron chi connectivity index (χ3n) is 3.85. The molecule has 0 bridgehead atoms. The Balaban J connectivity index is 2.03. The molecule has 0 radical (unpaired) electrons. The van der Waals surface area contributed by atoms with Crippen LogP contribution in [0, 0.1) is 23.7 Å². The molecule has 0 aliphatic heterocycles. The van der Waals surface area contributed by atoms with Crippen molar-refractivity contribution in [3.63, 3.8) is 0 Å². The Morgan fingerprint density at radius 1 is 0.882 bits per heavy atom. The Bertz CT molecular complexity index is 283. The van der Waals surface area contributed by atoms with E-state index >= 15 is 0 Å². The first-order valence-corrected chi connectivity index (χ1v) is 6.50. The molecule has 0 saturated heterocycles. The highest BCUT2D eigenvalue weighted by Crippen LogP contribution is 2.54. The summed E-state index contributed by atoms with van der Waals surface area (Å²) < 4.78 is 10.1. The number of hydrogen-bond donors (Lipinski definition) is 0. The highest BCUT2D eigenvalue weighted by Gasteiger charge is 2.51. The molecule has 4 nitrogen and oxygen atoms in total. The summed E-state index contributed by atoms with van der Waals surface area (Å²) in [7, 11) is 0. The molecule has 4 unspecified atom stereocenters. The van der Waals surface area contributed by atoms with Crippen LogP contribution in [-0.4, -0.2) is 25.2 Å². The van der Waals surface area contributed by atoms with Gasteiger partial charge in [0.15, 0.2) is 0 Å². The van der Waals surface area contributed by atoms with Crippen molar-refractivity contribution in [3.05, 3.63) is 0 Å². The van der Waals surface area contributed by atoms with Crippen LogP contribution in [0.4, 0.5) is 0 Å². The van der Waals surface area contributed by atoms with Gasteiger partial charge in [0.2, 0.25) is 0 Å². The van der Waals surface area contributed by atoms with E-state index in [9.17, 15) is 9.59 Å². The SMILES string of the molecule is CCOC(=O)C1CC2CC2CC1C(=O)OCC. The van der Waals surface area contributed by atoms with Gasteiger partial charge >= 0.3 is 11.9 Å². The minimum absolute atomic E-state index is 0.226. The van der Waals surface area contributed by atoms with Gasteiger partial charge in [-0.3, -0.25) is 9.59 Å². The molecule has 96 valence electrons. The average molecular weight is 240 g/mol. The zero-order chi connectivity index (χ0) is 12.4. The zero-order valence-corrected chi connectivity index (χ0v) is 10.5. The minimum Gasteiger partial charge on any atom is -0.466 e. The van der Waals surface area contributed by atoms with Crippen LogP contribution in [0.25, 0.3) is 0 Å². The number of fused-ring (bicyclic) bond motifs is 1. The number of carbonyl (C=O) groups is 2. The van der Waals surface area contributed by atoms with Gasteiger partial charge in [-0.1, -0.05) is 0 Å². The van der Waals surface area contributed by atoms with Crippen LogP contribution in [-0.2, 0) is 19.1 Å². The molecule has 2 aliphatic rings. The molecule has 17 heavy (non-hydrogen) atoms. The van der Waals surface area contributed by atoms with Crippen LogP contribution in [0.3, 0.4) is 0 Å². The Morgan fingerprint density at radius 2 is 1.29 bits per heavy atom. The molecule has 2 fully saturated rings. The monoisotopic (exact) mass is 240 g/mol. The van der Waals surface area contributed by atoms with Crippen LogP contribution in [0.2, 0.25) is 0 Å². The Kier molecular flexibility index (Phi) is 3.69. The lowest BCUT2D eigenvalue weighted by atomic mass is 9.79. The standard InChI is InChI=1S/C13H20O4/c1-3-16-12(14)10-6-8-5-9(8)7-11(10)13(15)17-4-2/h8-11H,3-7H2,1-2H3. The molecule has 0 N–H and O–H groups in total. The van der Waals surface area contributed by atoms with E-state index in [4.69, 9.17) is 9.47 Å². The molecule has 4 heteroatoms. The Morgan fingerprint density at radius 3 is 1.65 bits per heavy atom. The smallest absolute Gasteiger partial charge is 0.309 e. The summed E-state index contributed by atoms with van der Waals surface area (Å²) in [6.07, 6.45) is 2.76. The van der Waals surface area contributed by atoms with Crippen molar-refractivity contribution in [2.75, 3.05) is 13.2 Å². The summed E-state index contributed by atoms with van der Waals surface area (Å²) in [5.74, 6) is 0.257. The van der Waals surface area contributed by atoms with E-state index in [1.54, 1.807) is 13.8 Å². The normalized spacial score (nSPS) is 34.7. The molecular formula is C13H20O4. The number of ether oxygens (including phenoxy) is 2. The van der Waals surface area contributed by atoms with Crippen molar-refractivity contribution in [1.29, 1.82) is 0 Å². The van der Waals surface area contributed by atoms with Gasteiger partial charge in [0.1, 0.15) is 0 Å². The van der Waals surface area contributed by atoms with Crippen LogP contribution in [0.1, 0.15) is 33.1 Å². The van der Waals surface area contributed by atoms with Gasteiger partial charge in [-0.2, -0.15) is 0 Å². The first kappa shape index (κ1) is 12.4. The molecule has 0 aromatic heterocycles. The summed E-state index contributed by atoms with van der Waals surface area (Å²) in [6.45, 7) is 4.33. The maximum absolute atomic E-state index is 11.9. The van der Waals surface area contributed by atoms with Gasteiger partial charge in [0.25, 0.3) is 0 Å². The van der Waals surface area contributed by atoms with Crippen molar-refractivity contribution >= 4 is 11.9 Å². The molecule has 0 amide bonds. The number of esters is 2. The summed E-state index contributed by atoms with van der Waals surface area (Å²) in [5.41, 5.74) is 0. The van der Waals surface area contributed by atoms with Crippen molar-refractivity contribution in [2.45, 2.75) is 33.1 Å². The van der Waals surface area contributed by atoms with Crippen molar-refractivity contribution in [3.8, 4) is 0 Å². The maximum atomic E-state index is 11.9. The van der Waals surface area contributed by atoms with Gasteiger partial charge < -0.3 is 9.47 Å². The second-order valence-electron chi connectivity index (χ2n) is 4.94. The van der Waals surface area contributed by atoms with Gasteiger partial charge in [-0.25, -0.2) is 0 Å². The third-order valence-corrected chi connectivity index (χ3v) is 3.85. The predicted molar refractivity (Wildman–Crippen MR) is 61.1 cm³/mol. The number of hydrogen-bond acceptors (Lipinski definition) is 4. The topological polar surface area (TPSA) is 52.6 Å². The van der Waals surface area contributed by atoms with E-state index in [1.807, 2.05) is 0 Å². The fourth-order valence-electron chi connectivity index (χ4n) is 2.89. The van der Waals surface area contributed by atoms with E-state index in [2.05, 4.69) is 0 Å². The average Bonchev–Trinajstić information content (AvgIpc) is 3.06. The first-order valence-electron chi connectivity index (χ1n) is 6.50. The second kappa shape index (κ2) is 5.07. The zero-order valence-electron chi connectivity index (χ0n) is 10.5. The molecule has 0 aromatic rings. The van der Waals surface area contributed by atoms with Gasteiger partial charge in [0, 0.05) is 0 Å². The van der Waals surface area contributed by atoms with Crippen molar-refractivity contribution in [1.82, 2.24) is 0 Å². The fraction of sp³-hybridized carbons (Fsp3) is 0.846. The lowest BCUT2D eigenvalue weighted by molar-refractivity contribution is -0.162. The maximum Gasteiger partial charge on any atom is 0.309 e. The quantitative estimate of drug-likeness (QED) is 0.703.